The predicted molar refractivity (Wildman–Crippen MR) is 57.4 cm³/mol. The molecule has 1 saturated heterocycles. The average Bonchev–Trinajstić information content (AvgIpc) is 2.19. The fraction of sp³-hybridized carbons (Fsp3) is 0.900. The van der Waals surface area contributed by atoms with Gasteiger partial charge in [-0.15, -0.1) is 0 Å². The Bertz CT molecular complexity index is 188. The predicted octanol–water partition coefficient (Wildman–Crippen LogP) is 0.742. The molecule has 1 aliphatic heterocycles. The van der Waals surface area contributed by atoms with Crippen molar-refractivity contribution in [1.29, 1.82) is 0 Å². The molecule has 4 heteroatoms. The summed E-state index contributed by atoms with van der Waals surface area (Å²) in [7, 11) is 0. The molecule has 1 rings (SSSR count). The monoisotopic (exact) mass is 199 g/mol. The van der Waals surface area contributed by atoms with Crippen LogP contribution < -0.4 is 5.32 Å². The van der Waals surface area contributed by atoms with Crippen molar-refractivity contribution in [3.8, 4) is 0 Å². The minimum atomic E-state index is 0.184. The summed E-state index contributed by atoms with van der Waals surface area (Å²) in [6.45, 7) is 10.4. The Hall–Kier alpha value is -0.770. The third-order valence-corrected chi connectivity index (χ3v) is 2.60. The van der Waals surface area contributed by atoms with Crippen molar-refractivity contribution in [2.45, 2.75) is 26.8 Å². The summed E-state index contributed by atoms with van der Waals surface area (Å²) in [6, 6.07) is 0.478. The second-order valence-electron chi connectivity index (χ2n) is 3.90. The Morgan fingerprint density at radius 1 is 1.43 bits per heavy atom. The molecule has 2 amide bonds. The first-order valence-electron chi connectivity index (χ1n) is 5.43. The summed E-state index contributed by atoms with van der Waals surface area (Å²) >= 11 is 0. The molecule has 1 heterocycles. The van der Waals surface area contributed by atoms with Gasteiger partial charge < -0.3 is 15.1 Å². The summed E-state index contributed by atoms with van der Waals surface area (Å²) in [5.41, 5.74) is 0. The molecule has 82 valence electrons. The summed E-state index contributed by atoms with van der Waals surface area (Å²) in [5, 5.41) is 3.24. The minimum Gasteiger partial charge on any atom is -0.323 e. The highest BCUT2D eigenvalue weighted by Gasteiger charge is 2.22. The quantitative estimate of drug-likeness (QED) is 0.712. The van der Waals surface area contributed by atoms with Crippen molar-refractivity contribution in [1.82, 2.24) is 15.1 Å². The molecule has 0 atom stereocenters. The number of carbonyl (C=O) groups excluding carboxylic acids is 1. The number of nitrogens with zero attached hydrogens (tertiary/aromatic N) is 2. The molecule has 1 aliphatic rings. The Labute approximate surface area is 86.2 Å². The van der Waals surface area contributed by atoms with E-state index in [4.69, 9.17) is 0 Å². The van der Waals surface area contributed by atoms with Crippen molar-refractivity contribution >= 4 is 6.03 Å². The van der Waals surface area contributed by atoms with Gasteiger partial charge in [0.25, 0.3) is 0 Å². The van der Waals surface area contributed by atoms with Gasteiger partial charge in [0.2, 0.25) is 0 Å². The average molecular weight is 199 g/mol. The number of rotatable bonds is 2. The molecule has 0 aromatic heterocycles. The van der Waals surface area contributed by atoms with E-state index >= 15 is 0 Å². The Morgan fingerprint density at radius 2 is 2.00 bits per heavy atom. The van der Waals surface area contributed by atoms with Gasteiger partial charge in [-0.05, 0) is 20.8 Å². The first-order valence-corrected chi connectivity index (χ1v) is 5.43. The second kappa shape index (κ2) is 5.20. The second-order valence-corrected chi connectivity index (χ2v) is 3.90. The zero-order valence-electron chi connectivity index (χ0n) is 9.42. The van der Waals surface area contributed by atoms with E-state index in [1.807, 2.05) is 16.7 Å². The van der Waals surface area contributed by atoms with E-state index in [1.54, 1.807) is 0 Å². The van der Waals surface area contributed by atoms with Gasteiger partial charge in [0.1, 0.15) is 0 Å². The van der Waals surface area contributed by atoms with E-state index in [2.05, 4.69) is 19.2 Å². The number of nitrogens with one attached hydrogen (secondary N) is 1. The lowest BCUT2D eigenvalue weighted by Gasteiger charge is -2.34. The molecular weight excluding hydrogens is 178 g/mol. The van der Waals surface area contributed by atoms with Gasteiger partial charge in [-0.1, -0.05) is 0 Å². The van der Waals surface area contributed by atoms with E-state index < -0.39 is 0 Å². The van der Waals surface area contributed by atoms with Crippen LogP contribution in [-0.4, -0.2) is 54.6 Å². The largest absolute Gasteiger partial charge is 0.323 e. The van der Waals surface area contributed by atoms with Gasteiger partial charge in [-0.25, -0.2) is 4.79 Å². The summed E-state index contributed by atoms with van der Waals surface area (Å²) in [4.78, 5) is 15.8. The van der Waals surface area contributed by atoms with E-state index in [1.165, 1.54) is 0 Å². The minimum absolute atomic E-state index is 0.184. The molecule has 0 bridgehead atoms. The van der Waals surface area contributed by atoms with Gasteiger partial charge in [-0.3, -0.25) is 0 Å². The van der Waals surface area contributed by atoms with Crippen LogP contribution in [0.5, 0.6) is 0 Å². The molecular formula is C10H21N3O. The zero-order chi connectivity index (χ0) is 10.6. The fourth-order valence-corrected chi connectivity index (χ4v) is 1.76. The maximum atomic E-state index is 12.0. The molecule has 14 heavy (non-hydrogen) atoms. The SMILES string of the molecule is CCN(C(=O)N1CCNCC1)C(C)C. The van der Waals surface area contributed by atoms with Crippen molar-refractivity contribution in [3.63, 3.8) is 0 Å². The number of urea groups is 1. The van der Waals surface area contributed by atoms with Crippen LogP contribution in [0.2, 0.25) is 0 Å². The number of carbonyl (C=O) groups is 1. The highest BCUT2D eigenvalue weighted by molar-refractivity contribution is 5.74. The highest BCUT2D eigenvalue weighted by atomic mass is 16.2. The van der Waals surface area contributed by atoms with Crippen LogP contribution in [0.1, 0.15) is 20.8 Å². The number of hydrogen-bond donors (Lipinski definition) is 1. The highest BCUT2D eigenvalue weighted by Crippen LogP contribution is 2.05. The van der Waals surface area contributed by atoms with E-state index in [-0.39, 0.29) is 6.03 Å². The third-order valence-electron chi connectivity index (χ3n) is 2.60. The van der Waals surface area contributed by atoms with Crippen LogP contribution in [-0.2, 0) is 0 Å². The smallest absolute Gasteiger partial charge is 0.320 e. The first kappa shape index (κ1) is 11.3. The zero-order valence-corrected chi connectivity index (χ0v) is 9.42. The third kappa shape index (κ3) is 2.61. The molecule has 1 N–H and O–H groups in total. The van der Waals surface area contributed by atoms with Crippen LogP contribution >= 0.6 is 0 Å². The van der Waals surface area contributed by atoms with Gasteiger partial charge in [0, 0.05) is 38.8 Å². The normalized spacial score (nSPS) is 17.3. The number of amides is 2. The Morgan fingerprint density at radius 3 is 2.43 bits per heavy atom. The van der Waals surface area contributed by atoms with Gasteiger partial charge in [0.05, 0.1) is 0 Å². The molecule has 4 nitrogen and oxygen atoms in total. The maximum Gasteiger partial charge on any atom is 0.320 e. The van der Waals surface area contributed by atoms with Gasteiger partial charge in [-0.2, -0.15) is 0 Å². The number of piperazine rings is 1. The van der Waals surface area contributed by atoms with Crippen LogP contribution in [0.25, 0.3) is 0 Å². The summed E-state index contributed by atoms with van der Waals surface area (Å²) in [6.07, 6.45) is 0. The van der Waals surface area contributed by atoms with Crippen molar-refractivity contribution < 1.29 is 4.79 Å². The fourth-order valence-electron chi connectivity index (χ4n) is 1.76. The summed E-state index contributed by atoms with van der Waals surface area (Å²) < 4.78 is 0. The van der Waals surface area contributed by atoms with Crippen molar-refractivity contribution in [2.75, 3.05) is 32.7 Å². The van der Waals surface area contributed by atoms with E-state index in [0.29, 0.717) is 6.04 Å². The van der Waals surface area contributed by atoms with Crippen LogP contribution in [0.4, 0.5) is 4.79 Å². The molecule has 0 unspecified atom stereocenters. The summed E-state index contributed by atoms with van der Waals surface area (Å²) in [5.74, 6) is 0. The van der Waals surface area contributed by atoms with Crippen molar-refractivity contribution in [3.05, 3.63) is 0 Å². The van der Waals surface area contributed by atoms with Gasteiger partial charge in [0.15, 0.2) is 0 Å². The lowest BCUT2D eigenvalue weighted by atomic mass is 10.3. The molecule has 0 radical (unpaired) electrons. The molecule has 0 aromatic carbocycles. The standard InChI is InChI=1S/C10H21N3O/c1-4-13(9(2)3)10(14)12-7-5-11-6-8-12/h9,11H,4-8H2,1-3H3. The van der Waals surface area contributed by atoms with Crippen LogP contribution in [0.3, 0.4) is 0 Å². The lowest BCUT2D eigenvalue weighted by Crippen LogP contribution is -2.53. The van der Waals surface area contributed by atoms with E-state index in [9.17, 15) is 4.79 Å². The van der Waals surface area contributed by atoms with Crippen molar-refractivity contribution in [2.24, 2.45) is 0 Å². The molecule has 0 spiro atoms. The van der Waals surface area contributed by atoms with Crippen LogP contribution in [0, 0.1) is 0 Å². The molecule has 0 aromatic rings. The van der Waals surface area contributed by atoms with Gasteiger partial charge >= 0.3 is 6.03 Å². The lowest BCUT2D eigenvalue weighted by molar-refractivity contribution is 0.137. The van der Waals surface area contributed by atoms with E-state index in [0.717, 1.165) is 32.7 Å². The number of hydrogen-bond acceptors (Lipinski definition) is 2. The Kier molecular flexibility index (Phi) is 4.20. The van der Waals surface area contributed by atoms with Crippen LogP contribution in [0.15, 0.2) is 0 Å². The first-order chi connectivity index (χ1) is 6.66. The molecule has 0 aliphatic carbocycles. The molecule has 1 fully saturated rings. The topological polar surface area (TPSA) is 35.6 Å². The molecule has 0 saturated carbocycles. The maximum absolute atomic E-state index is 12.0. The Balaban J connectivity index is 2.52.